The standard InChI is InChI=1S/C9H13NO2/c1-11-9-4-2-8(3-5-9)6-12-7-10/h2-5H,6-7,10H2,1H3. The highest BCUT2D eigenvalue weighted by Gasteiger charge is 1.92. The topological polar surface area (TPSA) is 44.5 Å². The minimum Gasteiger partial charge on any atom is -0.497 e. The van der Waals surface area contributed by atoms with Crippen LogP contribution in [0, 0.1) is 0 Å². The molecule has 3 nitrogen and oxygen atoms in total. The molecule has 0 amide bonds. The van der Waals surface area contributed by atoms with Crippen molar-refractivity contribution in [3.05, 3.63) is 29.8 Å². The van der Waals surface area contributed by atoms with Crippen LogP contribution in [0.5, 0.6) is 5.75 Å². The van der Waals surface area contributed by atoms with Crippen LogP contribution in [-0.2, 0) is 11.3 Å². The van der Waals surface area contributed by atoms with E-state index in [1.807, 2.05) is 24.3 Å². The van der Waals surface area contributed by atoms with Gasteiger partial charge in [0.25, 0.3) is 0 Å². The molecule has 0 aliphatic heterocycles. The molecule has 0 aliphatic rings. The van der Waals surface area contributed by atoms with Crippen LogP contribution in [-0.4, -0.2) is 13.8 Å². The fourth-order valence-corrected chi connectivity index (χ4v) is 0.899. The Bertz CT molecular complexity index is 220. The van der Waals surface area contributed by atoms with Gasteiger partial charge in [-0.25, -0.2) is 0 Å². The van der Waals surface area contributed by atoms with Gasteiger partial charge >= 0.3 is 0 Å². The summed E-state index contributed by atoms with van der Waals surface area (Å²) in [5, 5.41) is 0. The largest absolute Gasteiger partial charge is 0.497 e. The third kappa shape index (κ3) is 2.53. The second-order valence-electron chi connectivity index (χ2n) is 2.36. The van der Waals surface area contributed by atoms with Gasteiger partial charge in [-0.1, -0.05) is 12.1 Å². The van der Waals surface area contributed by atoms with Crippen LogP contribution in [0.25, 0.3) is 0 Å². The van der Waals surface area contributed by atoms with Crippen LogP contribution < -0.4 is 10.5 Å². The Morgan fingerprint density at radius 1 is 1.25 bits per heavy atom. The number of rotatable bonds is 4. The average molecular weight is 167 g/mol. The van der Waals surface area contributed by atoms with Crippen molar-refractivity contribution in [1.82, 2.24) is 0 Å². The number of hydrogen-bond donors (Lipinski definition) is 1. The van der Waals surface area contributed by atoms with Gasteiger partial charge in [0.2, 0.25) is 0 Å². The molecule has 0 bridgehead atoms. The van der Waals surface area contributed by atoms with E-state index >= 15 is 0 Å². The van der Waals surface area contributed by atoms with E-state index < -0.39 is 0 Å². The van der Waals surface area contributed by atoms with Gasteiger partial charge in [0.1, 0.15) is 5.75 Å². The van der Waals surface area contributed by atoms with Gasteiger partial charge in [0.15, 0.2) is 0 Å². The summed E-state index contributed by atoms with van der Waals surface area (Å²) in [5.41, 5.74) is 6.28. The highest BCUT2D eigenvalue weighted by Crippen LogP contribution is 2.11. The molecule has 0 atom stereocenters. The quantitative estimate of drug-likeness (QED) is 0.683. The molecule has 0 fully saturated rings. The fourth-order valence-electron chi connectivity index (χ4n) is 0.899. The zero-order valence-corrected chi connectivity index (χ0v) is 7.12. The molecule has 66 valence electrons. The van der Waals surface area contributed by atoms with Crippen LogP contribution in [0.1, 0.15) is 5.56 Å². The lowest BCUT2D eigenvalue weighted by molar-refractivity contribution is 0.127. The molecule has 0 saturated carbocycles. The molecule has 1 aromatic carbocycles. The molecule has 1 rings (SSSR count). The molecule has 0 radical (unpaired) electrons. The first-order chi connectivity index (χ1) is 5.86. The highest BCUT2D eigenvalue weighted by atomic mass is 16.5. The van der Waals surface area contributed by atoms with Crippen molar-refractivity contribution < 1.29 is 9.47 Å². The molecular weight excluding hydrogens is 154 g/mol. The summed E-state index contributed by atoms with van der Waals surface area (Å²) in [4.78, 5) is 0. The van der Waals surface area contributed by atoms with Gasteiger partial charge in [-0.3, -0.25) is 0 Å². The first-order valence-corrected chi connectivity index (χ1v) is 3.77. The molecule has 0 aliphatic carbocycles. The predicted molar refractivity (Wildman–Crippen MR) is 46.8 cm³/mol. The normalized spacial score (nSPS) is 9.83. The monoisotopic (exact) mass is 167 g/mol. The van der Waals surface area contributed by atoms with E-state index in [0.29, 0.717) is 6.61 Å². The SMILES string of the molecule is COc1ccc(COCN)cc1. The molecule has 2 N–H and O–H groups in total. The first kappa shape index (κ1) is 9.03. The van der Waals surface area contributed by atoms with Crippen molar-refractivity contribution in [3.63, 3.8) is 0 Å². The molecule has 1 aromatic rings. The molecule has 3 heteroatoms. The number of hydrogen-bond acceptors (Lipinski definition) is 3. The summed E-state index contributed by atoms with van der Waals surface area (Å²) in [5.74, 6) is 0.853. The van der Waals surface area contributed by atoms with Crippen LogP contribution in [0.3, 0.4) is 0 Å². The second kappa shape index (κ2) is 4.74. The Balaban J connectivity index is 2.53. The maximum absolute atomic E-state index is 5.19. The van der Waals surface area contributed by atoms with Crippen molar-refractivity contribution in [3.8, 4) is 5.75 Å². The zero-order chi connectivity index (χ0) is 8.81. The second-order valence-corrected chi connectivity index (χ2v) is 2.36. The van der Waals surface area contributed by atoms with Crippen LogP contribution >= 0.6 is 0 Å². The van der Waals surface area contributed by atoms with E-state index in [4.69, 9.17) is 15.2 Å². The van der Waals surface area contributed by atoms with Crippen LogP contribution in [0.2, 0.25) is 0 Å². The predicted octanol–water partition coefficient (Wildman–Crippen LogP) is 1.13. The van der Waals surface area contributed by atoms with E-state index in [-0.39, 0.29) is 6.73 Å². The zero-order valence-electron chi connectivity index (χ0n) is 7.12. The summed E-state index contributed by atoms with van der Waals surface area (Å²) in [6, 6.07) is 7.70. The Morgan fingerprint density at radius 3 is 2.42 bits per heavy atom. The average Bonchev–Trinajstić information content (AvgIpc) is 2.15. The Morgan fingerprint density at radius 2 is 1.92 bits per heavy atom. The van der Waals surface area contributed by atoms with E-state index in [1.54, 1.807) is 7.11 Å². The van der Waals surface area contributed by atoms with Crippen molar-refractivity contribution >= 4 is 0 Å². The van der Waals surface area contributed by atoms with Crippen molar-refractivity contribution in [2.75, 3.05) is 13.8 Å². The maximum Gasteiger partial charge on any atom is 0.118 e. The number of nitrogens with two attached hydrogens (primary N) is 1. The van der Waals surface area contributed by atoms with Crippen LogP contribution in [0.4, 0.5) is 0 Å². The van der Waals surface area contributed by atoms with Gasteiger partial charge < -0.3 is 15.2 Å². The van der Waals surface area contributed by atoms with Crippen molar-refractivity contribution in [2.24, 2.45) is 5.73 Å². The van der Waals surface area contributed by atoms with E-state index in [2.05, 4.69) is 0 Å². The molecule has 0 spiro atoms. The van der Waals surface area contributed by atoms with Crippen LogP contribution in [0.15, 0.2) is 24.3 Å². The minimum absolute atomic E-state index is 0.256. The summed E-state index contributed by atoms with van der Waals surface area (Å²) >= 11 is 0. The van der Waals surface area contributed by atoms with Gasteiger partial charge in [0, 0.05) is 0 Å². The summed E-state index contributed by atoms with van der Waals surface area (Å²) in [7, 11) is 1.64. The van der Waals surface area contributed by atoms with Crippen molar-refractivity contribution in [1.29, 1.82) is 0 Å². The number of ether oxygens (including phenoxy) is 2. The fraction of sp³-hybridized carbons (Fsp3) is 0.333. The summed E-state index contributed by atoms with van der Waals surface area (Å²) in [6.45, 7) is 0.812. The third-order valence-corrected chi connectivity index (χ3v) is 1.55. The van der Waals surface area contributed by atoms with Crippen molar-refractivity contribution in [2.45, 2.75) is 6.61 Å². The van der Waals surface area contributed by atoms with Gasteiger partial charge in [-0.05, 0) is 17.7 Å². The smallest absolute Gasteiger partial charge is 0.118 e. The Kier molecular flexibility index (Phi) is 3.57. The molecule has 12 heavy (non-hydrogen) atoms. The van der Waals surface area contributed by atoms with E-state index in [1.165, 1.54) is 0 Å². The lowest BCUT2D eigenvalue weighted by Crippen LogP contribution is -2.04. The molecule has 0 aromatic heterocycles. The summed E-state index contributed by atoms with van der Waals surface area (Å²) in [6.07, 6.45) is 0. The minimum atomic E-state index is 0.256. The van der Waals surface area contributed by atoms with E-state index in [9.17, 15) is 0 Å². The van der Waals surface area contributed by atoms with Gasteiger partial charge in [0.05, 0.1) is 20.4 Å². The first-order valence-electron chi connectivity index (χ1n) is 3.77. The van der Waals surface area contributed by atoms with Gasteiger partial charge in [-0.2, -0.15) is 0 Å². The molecule has 0 unspecified atom stereocenters. The highest BCUT2D eigenvalue weighted by molar-refractivity contribution is 5.26. The number of benzene rings is 1. The lowest BCUT2D eigenvalue weighted by Gasteiger charge is -2.02. The Hall–Kier alpha value is -1.06. The van der Waals surface area contributed by atoms with E-state index in [0.717, 1.165) is 11.3 Å². The Labute approximate surface area is 72.1 Å². The molecule has 0 saturated heterocycles. The third-order valence-electron chi connectivity index (χ3n) is 1.55. The van der Waals surface area contributed by atoms with Gasteiger partial charge in [-0.15, -0.1) is 0 Å². The molecule has 0 heterocycles. The summed E-state index contributed by atoms with van der Waals surface area (Å²) < 4.78 is 10.0. The molecular formula is C9H13NO2. The lowest BCUT2D eigenvalue weighted by atomic mass is 10.2. The number of methoxy groups -OCH3 is 1. The maximum atomic E-state index is 5.19.